The quantitative estimate of drug-likeness (QED) is 0.753. The minimum atomic E-state index is -4.60. The van der Waals surface area contributed by atoms with Gasteiger partial charge in [-0.15, -0.1) is 0 Å². The maximum absolute atomic E-state index is 12.3. The van der Waals surface area contributed by atoms with Gasteiger partial charge in [0.25, 0.3) is 0 Å². The Morgan fingerprint density at radius 3 is 2.29 bits per heavy atom. The molecular weight excluding hydrogens is 237 g/mol. The molecule has 0 saturated heterocycles. The van der Waals surface area contributed by atoms with Crippen molar-refractivity contribution in [2.24, 2.45) is 11.8 Å². The first kappa shape index (κ1) is 15.7. The fourth-order valence-electron chi connectivity index (χ4n) is 1.20. The highest BCUT2D eigenvalue weighted by molar-refractivity contribution is 5.75. The molecule has 1 N–H and O–H groups in total. The summed E-state index contributed by atoms with van der Waals surface area (Å²) in [5.41, 5.74) is 0. The van der Waals surface area contributed by atoms with Crippen molar-refractivity contribution in [3.8, 4) is 6.07 Å². The predicted octanol–water partition coefficient (Wildman–Crippen LogP) is 1.48. The van der Waals surface area contributed by atoms with E-state index in [0.29, 0.717) is 0 Å². The van der Waals surface area contributed by atoms with Crippen molar-refractivity contribution in [2.45, 2.75) is 26.1 Å². The van der Waals surface area contributed by atoms with E-state index in [2.05, 4.69) is 10.1 Å². The van der Waals surface area contributed by atoms with Gasteiger partial charge in [0.15, 0.2) is 5.92 Å². The number of hydrogen-bond donors (Lipinski definition) is 1. The molecule has 2 unspecified atom stereocenters. The van der Waals surface area contributed by atoms with Crippen molar-refractivity contribution in [3.05, 3.63) is 0 Å². The van der Waals surface area contributed by atoms with Gasteiger partial charge >= 0.3 is 12.1 Å². The second kappa shape index (κ2) is 6.45. The number of hydrogen-bond acceptors (Lipinski definition) is 4. The van der Waals surface area contributed by atoms with E-state index in [-0.39, 0.29) is 5.92 Å². The lowest BCUT2D eigenvalue weighted by Crippen LogP contribution is -2.45. The highest BCUT2D eigenvalue weighted by atomic mass is 19.4. The van der Waals surface area contributed by atoms with Crippen LogP contribution in [0.3, 0.4) is 0 Å². The minimum Gasteiger partial charge on any atom is -0.468 e. The van der Waals surface area contributed by atoms with Crippen LogP contribution in [0.1, 0.15) is 13.8 Å². The number of methoxy groups -OCH3 is 1. The monoisotopic (exact) mass is 252 g/mol. The zero-order valence-corrected chi connectivity index (χ0v) is 9.84. The van der Waals surface area contributed by atoms with Gasteiger partial charge in [-0.3, -0.25) is 4.79 Å². The molecule has 0 heterocycles. The number of nitrogens with zero attached hydrogens (tertiary/aromatic N) is 1. The highest BCUT2D eigenvalue weighted by Crippen LogP contribution is 2.25. The van der Waals surface area contributed by atoms with E-state index in [1.54, 1.807) is 13.8 Å². The van der Waals surface area contributed by atoms with E-state index < -0.39 is 30.7 Å². The summed E-state index contributed by atoms with van der Waals surface area (Å²) >= 11 is 0. The molecule has 0 spiro atoms. The number of esters is 1. The molecule has 0 aromatic rings. The third kappa shape index (κ3) is 5.04. The van der Waals surface area contributed by atoms with Gasteiger partial charge in [0, 0.05) is 6.54 Å². The van der Waals surface area contributed by atoms with Gasteiger partial charge in [0.1, 0.15) is 6.04 Å². The van der Waals surface area contributed by atoms with Gasteiger partial charge in [0.05, 0.1) is 13.2 Å². The Kier molecular flexibility index (Phi) is 5.96. The fourth-order valence-corrected chi connectivity index (χ4v) is 1.20. The normalized spacial score (nSPS) is 15.2. The molecular formula is C10H15F3N2O2. The molecule has 0 aromatic heterocycles. The Hall–Kier alpha value is -1.29. The van der Waals surface area contributed by atoms with Gasteiger partial charge in [-0.2, -0.15) is 18.4 Å². The molecule has 0 amide bonds. The lowest BCUT2D eigenvalue weighted by Gasteiger charge is -2.22. The van der Waals surface area contributed by atoms with E-state index in [1.165, 1.54) is 0 Å². The molecule has 98 valence electrons. The van der Waals surface area contributed by atoms with E-state index in [1.807, 2.05) is 0 Å². The van der Waals surface area contributed by atoms with Crippen molar-refractivity contribution < 1.29 is 22.7 Å². The van der Waals surface area contributed by atoms with E-state index >= 15 is 0 Å². The van der Waals surface area contributed by atoms with Crippen LogP contribution >= 0.6 is 0 Å². The summed E-state index contributed by atoms with van der Waals surface area (Å²) in [6.07, 6.45) is -4.60. The number of alkyl halides is 3. The highest BCUT2D eigenvalue weighted by Gasteiger charge is 2.40. The van der Waals surface area contributed by atoms with Gasteiger partial charge in [-0.05, 0) is 5.92 Å². The largest absolute Gasteiger partial charge is 0.468 e. The van der Waals surface area contributed by atoms with Crippen molar-refractivity contribution in [2.75, 3.05) is 13.7 Å². The molecule has 4 nitrogen and oxygen atoms in total. The maximum atomic E-state index is 12.3. The summed E-state index contributed by atoms with van der Waals surface area (Å²) in [6.45, 7) is 2.71. The Bertz CT molecular complexity index is 297. The van der Waals surface area contributed by atoms with Crippen LogP contribution in [0.2, 0.25) is 0 Å². The molecule has 2 atom stereocenters. The van der Waals surface area contributed by atoms with Crippen LogP contribution < -0.4 is 5.32 Å². The average Bonchev–Trinajstić information content (AvgIpc) is 2.21. The Labute approximate surface area is 97.7 Å². The number of carbonyl (C=O) groups excluding carboxylic acids is 1. The van der Waals surface area contributed by atoms with Crippen LogP contribution in [0.25, 0.3) is 0 Å². The van der Waals surface area contributed by atoms with Crippen LogP contribution in [0, 0.1) is 23.2 Å². The van der Waals surface area contributed by atoms with Gasteiger partial charge in [0.2, 0.25) is 0 Å². The van der Waals surface area contributed by atoms with Crippen LogP contribution in [0.4, 0.5) is 13.2 Å². The number of rotatable bonds is 5. The average molecular weight is 252 g/mol. The molecule has 0 saturated carbocycles. The van der Waals surface area contributed by atoms with Crippen molar-refractivity contribution >= 4 is 5.97 Å². The predicted molar refractivity (Wildman–Crippen MR) is 53.8 cm³/mol. The van der Waals surface area contributed by atoms with Crippen LogP contribution in [0.15, 0.2) is 0 Å². The Morgan fingerprint density at radius 2 is 2.00 bits per heavy atom. The Balaban J connectivity index is 4.51. The number of carbonyl (C=O) groups is 1. The smallest absolute Gasteiger partial charge is 0.405 e. The van der Waals surface area contributed by atoms with Crippen molar-refractivity contribution in [1.82, 2.24) is 5.32 Å². The zero-order chi connectivity index (χ0) is 13.6. The number of nitriles is 1. The number of ether oxygens (including phenoxy) is 1. The lowest BCUT2D eigenvalue weighted by molar-refractivity contribution is -0.160. The van der Waals surface area contributed by atoms with Gasteiger partial charge in [-0.1, -0.05) is 13.8 Å². The zero-order valence-electron chi connectivity index (χ0n) is 9.84. The van der Waals surface area contributed by atoms with Gasteiger partial charge < -0.3 is 10.1 Å². The van der Waals surface area contributed by atoms with E-state index in [9.17, 15) is 18.0 Å². The first-order chi connectivity index (χ1) is 7.73. The van der Waals surface area contributed by atoms with E-state index in [4.69, 9.17) is 5.26 Å². The SMILES string of the molecule is COC(=O)C(NCC(C#N)C(F)(F)F)C(C)C. The van der Waals surface area contributed by atoms with Gasteiger partial charge in [-0.25, -0.2) is 0 Å². The summed E-state index contributed by atoms with van der Waals surface area (Å²) in [5.74, 6) is -3.00. The van der Waals surface area contributed by atoms with Crippen molar-refractivity contribution in [3.63, 3.8) is 0 Å². The van der Waals surface area contributed by atoms with E-state index in [0.717, 1.165) is 13.2 Å². The third-order valence-electron chi connectivity index (χ3n) is 2.21. The molecule has 17 heavy (non-hydrogen) atoms. The first-order valence-corrected chi connectivity index (χ1v) is 5.01. The molecule has 0 aliphatic heterocycles. The summed E-state index contributed by atoms with van der Waals surface area (Å²) < 4.78 is 41.3. The molecule has 0 radical (unpaired) electrons. The summed E-state index contributed by atoms with van der Waals surface area (Å²) in [6, 6.07) is 0.305. The van der Waals surface area contributed by atoms with Crippen LogP contribution in [-0.4, -0.2) is 31.8 Å². The second-order valence-corrected chi connectivity index (χ2v) is 3.88. The standard InChI is InChI=1S/C10H15F3N2O2/c1-6(2)8(9(16)17-3)15-5-7(4-14)10(11,12)13/h6-8,15H,5H2,1-3H3. The Morgan fingerprint density at radius 1 is 1.47 bits per heavy atom. The topological polar surface area (TPSA) is 62.1 Å². The van der Waals surface area contributed by atoms with Crippen LogP contribution in [-0.2, 0) is 9.53 Å². The minimum absolute atomic E-state index is 0.227. The first-order valence-electron chi connectivity index (χ1n) is 5.01. The second-order valence-electron chi connectivity index (χ2n) is 3.88. The molecule has 0 bridgehead atoms. The number of halogens is 3. The molecule has 7 heteroatoms. The fraction of sp³-hybridized carbons (Fsp3) is 0.800. The van der Waals surface area contributed by atoms with Crippen LogP contribution in [0.5, 0.6) is 0 Å². The molecule has 0 aromatic carbocycles. The molecule has 0 aliphatic carbocycles. The lowest BCUT2D eigenvalue weighted by atomic mass is 10.0. The maximum Gasteiger partial charge on any atom is 0.405 e. The molecule has 0 fully saturated rings. The third-order valence-corrected chi connectivity index (χ3v) is 2.21. The summed E-state index contributed by atoms with van der Waals surface area (Å²) in [5, 5.41) is 10.8. The van der Waals surface area contributed by atoms with Crippen molar-refractivity contribution in [1.29, 1.82) is 5.26 Å². The molecule has 0 aliphatic rings. The summed E-state index contributed by atoms with van der Waals surface area (Å²) in [7, 11) is 1.16. The summed E-state index contributed by atoms with van der Waals surface area (Å²) in [4.78, 5) is 11.3. The molecule has 0 rings (SSSR count). The number of nitrogens with one attached hydrogen (secondary N) is 1.